The highest BCUT2D eigenvalue weighted by atomic mass is 32.2. The molecule has 0 unspecified atom stereocenters. The standard InChI is InChI=1S/C11H14OS/c1-12-13-11-7-6-9-4-2-3-5-10(9)8-11/h6-8H,2-5H2,1H3. The summed E-state index contributed by atoms with van der Waals surface area (Å²) in [5, 5.41) is 0. The quantitative estimate of drug-likeness (QED) is 0.668. The average molecular weight is 194 g/mol. The molecule has 2 heteroatoms. The lowest BCUT2D eigenvalue weighted by atomic mass is 9.92. The van der Waals surface area contributed by atoms with Crippen molar-refractivity contribution in [1.29, 1.82) is 0 Å². The van der Waals surface area contributed by atoms with Crippen LogP contribution in [0.1, 0.15) is 24.0 Å². The van der Waals surface area contributed by atoms with Gasteiger partial charge in [0.2, 0.25) is 0 Å². The van der Waals surface area contributed by atoms with Crippen LogP contribution in [0.25, 0.3) is 0 Å². The largest absolute Gasteiger partial charge is 0.314 e. The molecule has 70 valence electrons. The molecule has 1 aliphatic carbocycles. The van der Waals surface area contributed by atoms with Gasteiger partial charge in [0.15, 0.2) is 0 Å². The van der Waals surface area contributed by atoms with Crippen molar-refractivity contribution < 1.29 is 4.18 Å². The summed E-state index contributed by atoms with van der Waals surface area (Å²) in [4.78, 5) is 1.23. The maximum atomic E-state index is 5.04. The maximum Gasteiger partial charge on any atom is 0.0508 e. The van der Waals surface area contributed by atoms with Crippen molar-refractivity contribution in [2.75, 3.05) is 7.11 Å². The molecule has 0 spiro atoms. The molecule has 0 amide bonds. The smallest absolute Gasteiger partial charge is 0.0508 e. The minimum absolute atomic E-state index is 1.23. The van der Waals surface area contributed by atoms with E-state index in [2.05, 4.69) is 18.2 Å². The average Bonchev–Trinajstić information content (AvgIpc) is 2.18. The number of rotatable bonds is 2. The van der Waals surface area contributed by atoms with Crippen molar-refractivity contribution in [2.45, 2.75) is 30.6 Å². The molecule has 0 fully saturated rings. The van der Waals surface area contributed by atoms with Crippen LogP contribution in [0.5, 0.6) is 0 Å². The van der Waals surface area contributed by atoms with Crippen LogP contribution in [-0.2, 0) is 17.0 Å². The Labute approximate surface area is 83.7 Å². The fraction of sp³-hybridized carbons (Fsp3) is 0.455. The Morgan fingerprint density at radius 3 is 2.69 bits per heavy atom. The van der Waals surface area contributed by atoms with Gasteiger partial charge in [0, 0.05) is 16.9 Å². The molecule has 13 heavy (non-hydrogen) atoms. The van der Waals surface area contributed by atoms with Crippen molar-refractivity contribution >= 4 is 12.0 Å². The van der Waals surface area contributed by atoms with Gasteiger partial charge in [-0.1, -0.05) is 6.07 Å². The Morgan fingerprint density at radius 1 is 1.15 bits per heavy atom. The van der Waals surface area contributed by atoms with E-state index >= 15 is 0 Å². The second-order valence-corrected chi connectivity index (χ2v) is 4.36. The third-order valence-electron chi connectivity index (χ3n) is 2.50. The second-order valence-electron chi connectivity index (χ2n) is 3.39. The van der Waals surface area contributed by atoms with Crippen molar-refractivity contribution in [3.63, 3.8) is 0 Å². The Bertz CT molecular complexity index is 296. The molecule has 1 aliphatic rings. The molecule has 0 saturated carbocycles. The summed E-state index contributed by atoms with van der Waals surface area (Å²) < 4.78 is 5.04. The van der Waals surface area contributed by atoms with E-state index in [1.165, 1.54) is 53.7 Å². The predicted octanol–water partition coefficient (Wildman–Crippen LogP) is 3.22. The summed E-state index contributed by atoms with van der Waals surface area (Å²) in [6, 6.07) is 6.66. The summed E-state index contributed by atoms with van der Waals surface area (Å²) in [5.41, 5.74) is 3.06. The lowest BCUT2D eigenvalue weighted by Gasteiger charge is -2.15. The molecule has 0 aliphatic heterocycles. The highest BCUT2D eigenvalue weighted by molar-refractivity contribution is 7.94. The lowest BCUT2D eigenvalue weighted by molar-refractivity contribution is 0.489. The molecular formula is C11H14OS. The molecule has 0 atom stereocenters. The minimum atomic E-state index is 1.23. The highest BCUT2D eigenvalue weighted by Crippen LogP contribution is 2.26. The number of benzene rings is 1. The number of fused-ring (bicyclic) bond motifs is 1. The van der Waals surface area contributed by atoms with Crippen LogP contribution in [0.2, 0.25) is 0 Å². The van der Waals surface area contributed by atoms with E-state index in [-0.39, 0.29) is 0 Å². The first-order valence-electron chi connectivity index (χ1n) is 4.72. The van der Waals surface area contributed by atoms with Crippen LogP contribution in [0, 0.1) is 0 Å². The lowest BCUT2D eigenvalue weighted by Crippen LogP contribution is -2.01. The molecule has 0 N–H and O–H groups in total. The van der Waals surface area contributed by atoms with Gasteiger partial charge in [-0.05, 0) is 48.9 Å². The number of hydrogen-bond donors (Lipinski definition) is 0. The predicted molar refractivity (Wildman–Crippen MR) is 56.0 cm³/mol. The summed E-state index contributed by atoms with van der Waals surface area (Å²) in [5.74, 6) is 0. The molecule has 0 radical (unpaired) electrons. The minimum Gasteiger partial charge on any atom is -0.314 e. The summed E-state index contributed by atoms with van der Waals surface area (Å²) in [7, 11) is 1.71. The fourth-order valence-electron chi connectivity index (χ4n) is 1.86. The molecule has 0 saturated heterocycles. The first-order chi connectivity index (χ1) is 6.40. The van der Waals surface area contributed by atoms with E-state index in [0.717, 1.165) is 0 Å². The van der Waals surface area contributed by atoms with E-state index < -0.39 is 0 Å². The van der Waals surface area contributed by atoms with Crippen LogP contribution < -0.4 is 0 Å². The van der Waals surface area contributed by atoms with E-state index in [4.69, 9.17) is 4.18 Å². The monoisotopic (exact) mass is 194 g/mol. The number of aryl methyl sites for hydroxylation is 2. The topological polar surface area (TPSA) is 9.23 Å². The zero-order chi connectivity index (χ0) is 9.10. The van der Waals surface area contributed by atoms with Gasteiger partial charge >= 0.3 is 0 Å². The van der Waals surface area contributed by atoms with Crippen LogP contribution in [0.15, 0.2) is 23.1 Å². The van der Waals surface area contributed by atoms with Crippen LogP contribution in [0.3, 0.4) is 0 Å². The zero-order valence-electron chi connectivity index (χ0n) is 7.88. The van der Waals surface area contributed by atoms with Crippen molar-refractivity contribution in [2.24, 2.45) is 0 Å². The third-order valence-corrected chi connectivity index (χ3v) is 3.11. The van der Waals surface area contributed by atoms with E-state index in [1.807, 2.05) is 0 Å². The van der Waals surface area contributed by atoms with Crippen molar-refractivity contribution in [1.82, 2.24) is 0 Å². The van der Waals surface area contributed by atoms with Gasteiger partial charge in [-0.2, -0.15) is 0 Å². The van der Waals surface area contributed by atoms with Crippen LogP contribution in [-0.4, -0.2) is 7.11 Å². The molecular weight excluding hydrogens is 180 g/mol. The van der Waals surface area contributed by atoms with Crippen molar-refractivity contribution in [3.8, 4) is 0 Å². The van der Waals surface area contributed by atoms with Gasteiger partial charge in [0.1, 0.15) is 0 Å². The Hall–Kier alpha value is -0.470. The Morgan fingerprint density at radius 2 is 1.92 bits per heavy atom. The Balaban J connectivity index is 2.24. The van der Waals surface area contributed by atoms with Gasteiger partial charge in [-0.3, -0.25) is 0 Å². The molecule has 1 nitrogen and oxygen atoms in total. The molecule has 1 aromatic rings. The van der Waals surface area contributed by atoms with E-state index in [1.54, 1.807) is 7.11 Å². The molecule has 0 heterocycles. The number of hydrogen-bond acceptors (Lipinski definition) is 2. The van der Waals surface area contributed by atoms with E-state index in [9.17, 15) is 0 Å². The SMILES string of the molecule is COSc1ccc2c(c1)CCCC2. The fourth-order valence-corrected chi connectivity index (χ4v) is 2.36. The summed E-state index contributed by atoms with van der Waals surface area (Å²) in [6.45, 7) is 0. The van der Waals surface area contributed by atoms with Crippen LogP contribution >= 0.6 is 12.0 Å². The highest BCUT2D eigenvalue weighted by Gasteiger charge is 2.09. The van der Waals surface area contributed by atoms with Gasteiger partial charge in [-0.15, -0.1) is 0 Å². The van der Waals surface area contributed by atoms with Crippen LogP contribution in [0.4, 0.5) is 0 Å². The summed E-state index contributed by atoms with van der Waals surface area (Å²) >= 11 is 1.45. The maximum absolute atomic E-state index is 5.04. The second kappa shape index (κ2) is 4.16. The van der Waals surface area contributed by atoms with Gasteiger partial charge < -0.3 is 4.18 Å². The van der Waals surface area contributed by atoms with Crippen molar-refractivity contribution in [3.05, 3.63) is 29.3 Å². The molecule has 2 rings (SSSR count). The third kappa shape index (κ3) is 2.06. The normalized spacial score (nSPS) is 15.5. The summed E-state index contributed by atoms with van der Waals surface area (Å²) in [6.07, 6.45) is 5.19. The molecule has 0 aromatic heterocycles. The van der Waals surface area contributed by atoms with E-state index in [0.29, 0.717) is 0 Å². The van der Waals surface area contributed by atoms with Gasteiger partial charge in [0.25, 0.3) is 0 Å². The van der Waals surface area contributed by atoms with Gasteiger partial charge in [0.05, 0.1) is 7.11 Å². The molecule has 1 aromatic carbocycles. The van der Waals surface area contributed by atoms with Gasteiger partial charge in [-0.25, -0.2) is 0 Å². The Kier molecular flexibility index (Phi) is 2.91. The first kappa shape index (κ1) is 9.10. The first-order valence-corrected chi connectivity index (χ1v) is 5.47. The zero-order valence-corrected chi connectivity index (χ0v) is 8.69. The molecule has 0 bridgehead atoms.